The van der Waals surface area contributed by atoms with Gasteiger partial charge in [0, 0.05) is 32.2 Å². The molecule has 0 unspecified atom stereocenters. The van der Waals surface area contributed by atoms with Crippen molar-refractivity contribution in [2.24, 2.45) is 0 Å². The van der Waals surface area contributed by atoms with E-state index in [1.54, 1.807) is 0 Å². The van der Waals surface area contributed by atoms with Crippen molar-refractivity contribution in [3.05, 3.63) is 28.8 Å². The minimum Gasteiger partial charge on any atom is -0.508 e. The van der Waals surface area contributed by atoms with Crippen LogP contribution in [-0.2, 0) is 0 Å². The summed E-state index contributed by atoms with van der Waals surface area (Å²) in [5.41, 5.74) is 3.88. The molecule has 1 saturated heterocycles. The summed E-state index contributed by atoms with van der Waals surface area (Å²) in [5, 5.41) is 13.2. The molecule has 1 fully saturated rings. The van der Waals surface area contributed by atoms with Crippen LogP contribution in [0, 0.1) is 13.8 Å². The summed E-state index contributed by atoms with van der Waals surface area (Å²) in [6.07, 6.45) is 3.70. The Bertz CT molecular complexity index is 416. The SMILES string of the molecule is CCCC[C@@H](c1c(C)cc(O)cc1C)N1CCNCC1. The number of phenolic OH excluding ortho intramolecular Hbond substituents is 1. The van der Waals surface area contributed by atoms with Gasteiger partial charge in [-0.15, -0.1) is 0 Å². The molecule has 20 heavy (non-hydrogen) atoms. The van der Waals surface area contributed by atoms with E-state index < -0.39 is 0 Å². The molecule has 1 aromatic rings. The smallest absolute Gasteiger partial charge is 0.116 e. The van der Waals surface area contributed by atoms with Crippen LogP contribution in [0.25, 0.3) is 0 Å². The summed E-state index contributed by atoms with van der Waals surface area (Å²) < 4.78 is 0. The summed E-state index contributed by atoms with van der Waals surface area (Å²) in [6, 6.07) is 4.31. The number of phenols is 1. The molecule has 112 valence electrons. The van der Waals surface area contributed by atoms with Gasteiger partial charge in [0.25, 0.3) is 0 Å². The Hall–Kier alpha value is -1.06. The molecule has 0 aromatic heterocycles. The van der Waals surface area contributed by atoms with Crippen molar-refractivity contribution in [3.63, 3.8) is 0 Å². The quantitative estimate of drug-likeness (QED) is 0.867. The molecule has 1 aliphatic heterocycles. The maximum Gasteiger partial charge on any atom is 0.116 e. The first kappa shape index (κ1) is 15.3. The number of hydrogen-bond donors (Lipinski definition) is 2. The molecule has 3 heteroatoms. The average Bonchev–Trinajstić information content (AvgIpc) is 2.42. The highest BCUT2D eigenvalue weighted by Gasteiger charge is 2.24. The minimum atomic E-state index is 0.387. The normalized spacial score (nSPS) is 18.1. The van der Waals surface area contributed by atoms with E-state index in [0.29, 0.717) is 11.8 Å². The fourth-order valence-corrected chi connectivity index (χ4v) is 3.38. The van der Waals surface area contributed by atoms with Gasteiger partial charge in [0.05, 0.1) is 0 Å². The molecular weight excluding hydrogens is 248 g/mol. The molecule has 0 bridgehead atoms. The molecule has 0 amide bonds. The van der Waals surface area contributed by atoms with E-state index in [1.165, 1.54) is 36.0 Å². The van der Waals surface area contributed by atoms with Gasteiger partial charge in [-0.2, -0.15) is 0 Å². The number of nitrogens with one attached hydrogen (secondary N) is 1. The lowest BCUT2D eigenvalue weighted by Gasteiger charge is -2.37. The maximum absolute atomic E-state index is 9.76. The Morgan fingerprint density at radius 3 is 2.35 bits per heavy atom. The fourth-order valence-electron chi connectivity index (χ4n) is 3.38. The number of piperazine rings is 1. The lowest BCUT2D eigenvalue weighted by Crippen LogP contribution is -2.45. The van der Waals surface area contributed by atoms with Gasteiger partial charge in [-0.1, -0.05) is 19.8 Å². The van der Waals surface area contributed by atoms with Crippen LogP contribution in [-0.4, -0.2) is 36.2 Å². The first-order valence-corrected chi connectivity index (χ1v) is 7.88. The average molecular weight is 276 g/mol. The molecule has 0 spiro atoms. The lowest BCUT2D eigenvalue weighted by atomic mass is 9.91. The van der Waals surface area contributed by atoms with Gasteiger partial charge in [0.1, 0.15) is 5.75 Å². The number of aromatic hydroxyl groups is 1. The molecule has 0 saturated carbocycles. The summed E-state index contributed by atoms with van der Waals surface area (Å²) in [6.45, 7) is 10.9. The van der Waals surface area contributed by atoms with Gasteiger partial charge < -0.3 is 10.4 Å². The second kappa shape index (κ2) is 7.09. The Labute approximate surface area is 123 Å². The predicted molar refractivity (Wildman–Crippen MR) is 84.3 cm³/mol. The van der Waals surface area contributed by atoms with E-state index >= 15 is 0 Å². The predicted octanol–water partition coefficient (Wildman–Crippen LogP) is 3.15. The topological polar surface area (TPSA) is 35.5 Å². The van der Waals surface area contributed by atoms with Gasteiger partial charge in [-0.3, -0.25) is 4.90 Å². The van der Waals surface area contributed by atoms with Crippen molar-refractivity contribution in [2.75, 3.05) is 26.2 Å². The molecule has 1 aliphatic rings. The second-order valence-corrected chi connectivity index (χ2v) is 5.94. The van der Waals surface area contributed by atoms with Gasteiger partial charge in [0.2, 0.25) is 0 Å². The molecule has 3 nitrogen and oxygen atoms in total. The van der Waals surface area contributed by atoms with Crippen LogP contribution in [0.2, 0.25) is 0 Å². The van der Waals surface area contributed by atoms with Gasteiger partial charge >= 0.3 is 0 Å². The molecule has 2 N–H and O–H groups in total. The van der Waals surface area contributed by atoms with Crippen LogP contribution in [0.5, 0.6) is 5.75 Å². The first-order chi connectivity index (χ1) is 9.63. The molecule has 0 aliphatic carbocycles. The number of nitrogens with zero attached hydrogens (tertiary/aromatic N) is 1. The molecular formula is C17H28N2O. The number of hydrogen-bond acceptors (Lipinski definition) is 3. The highest BCUT2D eigenvalue weighted by molar-refractivity contribution is 5.42. The molecule has 1 heterocycles. The van der Waals surface area contributed by atoms with Crippen LogP contribution >= 0.6 is 0 Å². The lowest BCUT2D eigenvalue weighted by molar-refractivity contribution is 0.162. The van der Waals surface area contributed by atoms with Crippen molar-refractivity contribution in [1.29, 1.82) is 0 Å². The van der Waals surface area contributed by atoms with Crippen LogP contribution in [0.1, 0.15) is 48.9 Å². The standard InChI is InChI=1S/C17H28N2O/c1-4-5-6-16(19-9-7-18-8-10-19)17-13(2)11-15(20)12-14(17)3/h11-12,16,18,20H,4-10H2,1-3H3/t16-/m0/s1. The number of benzene rings is 1. The van der Waals surface area contributed by atoms with E-state index in [9.17, 15) is 5.11 Å². The van der Waals surface area contributed by atoms with Crippen LogP contribution in [0.15, 0.2) is 12.1 Å². The van der Waals surface area contributed by atoms with Crippen molar-refractivity contribution in [3.8, 4) is 5.75 Å². The van der Waals surface area contributed by atoms with Gasteiger partial charge in [-0.05, 0) is 49.1 Å². The van der Waals surface area contributed by atoms with Crippen molar-refractivity contribution < 1.29 is 5.11 Å². The monoisotopic (exact) mass is 276 g/mol. The summed E-state index contributed by atoms with van der Waals surface area (Å²) in [7, 11) is 0. The van der Waals surface area contributed by atoms with Crippen LogP contribution < -0.4 is 5.32 Å². The van der Waals surface area contributed by atoms with Crippen LogP contribution in [0.4, 0.5) is 0 Å². The number of aryl methyl sites for hydroxylation is 2. The zero-order chi connectivity index (χ0) is 14.5. The van der Waals surface area contributed by atoms with Crippen LogP contribution in [0.3, 0.4) is 0 Å². The molecule has 1 aromatic carbocycles. The Morgan fingerprint density at radius 1 is 1.20 bits per heavy atom. The third-order valence-corrected chi connectivity index (χ3v) is 4.34. The van der Waals surface area contributed by atoms with E-state index in [-0.39, 0.29) is 0 Å². The fraction of sp³-hybridized carbons (Fsp3) is 0.647. The van der Waals surface area contributed by atoms with E-state index in [2.05, 4.69) is 31.0 Å². The number of rotatable bonds is 5. The Kier molecular flexibility index (Phi) is 5.44. The van der Waals surface area contributed by atoms with Gasteiger partial charge in [0.15, 0.2) is 0 Å². The number of unbranched alkanes of at least 4 members (excludes halogenated alkanes) is 1. The highest BCUT2D eigenvalue weighted by atomic mass is 16.3. The highest BCUT2D eigenvalue weighted by Crippen LogP contribution is 2.33. The van der Waals surface area contributed by atoms with Crippen molar-refractivity contribution in [1.82, 2.24) is 10.2 Å². The van der Waals surface area contributed by atoms with E-state index in [0.717, 1.165) is 26.2 Å². The second-order valence-electron chi connectivity index (χ2n) is 5.94. The summed E-state index contributed by atoms with van der Waals surface area (Å²) in [4.78, 5) is 2.61. The molecule has 2 rings (SSSR count). The van der Waals surface area contributed by atoms with Crippen molar-refractivity contribution in [2.45, 2.75) is 46.1 Å². The zero-order valence-corrected chi connectivity index (χ0v) is 13.1. The Balaban J connectivity index is 2.29. The van der Waals surface area contributed by atoms with Gasteiger partial charge in [-0.25, -0.2) is 0 Å². The minimum absolute atomic E-state index is 0.387. The third-order valence-electron chi connectivity index (χ3n) is 4.34. The summed E-state index contributed by atoms with van der Waals surface area (Å²) >= 11 is 0. The molecule has 1 atom stereocenters. The van der Waals surface area contributed by atoms with Crippen molar-refractivity contribution >= 4 is 0 Å². The largest absolute Gasteiger partial charge is 0.508 e. The zero-order valence-electron chi connectivity index (χ0n) is 13.1. The summed E-state index contributed by atoms with van der Waals surface area (Å²) in [5.74, 6) is 0.387. The molecule has 0 radical (unpaired) electrons. The maximum atomic E-state index is 9.76. The third kappa shape index (κ3) is 3.53. The Morgan fingerprint density at radius 2 is 1.80 bits per heavy atom. The van der Waals surface area contributed by atoms with E-state index in [4.69, 9.17) is 0 Å². The first-order valence-electron chi connectivity index (χ1n) is 7.88. The van der Waals surface area contributed by atoms with E-state index in [1.807, 2.05) is 12.1 Å².